The topological polar surface area (TPSA) is 69.7 Å². The number of nitrogens with zero attached hydrogens (tertiary/aromatic N) is 2. The van der Waals surface area contributed by atoms with Gasteiger partial charge < -0.3 is 10.2 Å². The summed E-state index contributed by atoms with van der Waals surface area (Å²) in [5.41, 5.74) is 0.836. The van der Waals surface area contributed by atoms with Crippen molar-refractivity contribution in [3.63, 3.8) is 0 Å². The Balaban J connectivity index is 1.47. The maximum Gasteiger partial charge on any atom is 0.243 e. The average Bonchev–Trinajstić information content (AvgIpc) is 2.70. The molecule has 150 valence electrons. The SMILES string of the molecule is O=C(Cc1ccc(S(=O)(=O)N2CCCCC2)cc1)NCCN1CCCCC1. The molecule has 0 unspecified atom stereocenters. The molecule has 0 spiro atoms. The highest BCUT2D eigenvalue weighted by atomic mass is 32.2. The van der Waals surface area contributed by atoms with Crippen LogP contribution < -0.4 is 5.32 Å². The fourth-order valence-electron chi connectivity index (χ4n) is 3.82. The van der Waals surface area contributed by atoms with Gasteiger partial charge in [0.1, 0.15) is 0 Å². The third-order valence-corrected chi connectivity index (χ3v) is 7.35. The van der Waals surface area contributed by atoms with Crippen molar-refractivity contribution in [2.24, 2.45) is 0 Å². The molecule has 1 amide bonds. The van der Waals surface area contributed by atoms with E-state index in [1.165, 1.54) is 19.3 Å². The summed E-state index contributed by atoms with van der Waals surface area (Å²) in [4.78, 5) is 14.8. The average molecular weight is 394 g/mol. The predicted octanol–water partition coefficient (Wildman–Crippen LogP) is 2.01. The van der Waals surface area contributed by atoms with E-state index >= 15 is 0 Å². The van der Waals surface area contributed by atoms with Crippen LogP contribution in [0.25, 0.3) is 0 Å². The Bertz CT molecular complexity index is 706. The fraction of sp³-hybridized carbons (Fsp3) is 0.650. The molecule has 0 saturated carbocycles. The maximum absolute atomic E-state index is 12.7. The van der Waals surface area contributed by atoms with Crippen LogP contribution in [0.3, 0.4) is 0 Å². The smallest absolute Gasteiger partial charge is 0.243 e. The van der Waals surface area contributed by atoms with E-state index in [0.717, 1.165) is 44.5 Å². The molecule has 0 aromatic heterocycles. The van der Waals surface area contributed by atoms with Crippen molar-refractivity contribution in [2.45, 2.75) is 49.8 Å². The van der Waals surface area contributed by atoms with Gasteiger partial charge in [0.25, 0.3) is 0 Å². The minimum absolute atomic E-state index is 0.0151. The Hall–Kier alpha value is -1.44. The second-order valence-electron chi connectivity index (χ2n) is 7.54. The summed E-state index contributed by atoms with van der Waals surface area (Å²) in [5, 5.41) is 2.97. The minimum atomic E-state index is -3.41. The van der Waals surface area contributed by atoms with Crippen molar-refractivity contribution < 1.29 is 13.2 Å². The first-order valence-corrected chi connectivity index (χ1v) is 11.6. The van der Waals surface area contributed by atoms with Crippen LogP contribution in [0.4, 0.5) is 0 Å². The second kappa shape index (κ2) is 9.66. The largest absolute Gasteiger partial charge is 0.355 e. The van der Waals surface area contributed by atoms with Gasteiger partial charge in [-0.1, -0.05) is 25.0 Å². The van der Waals surface area contributed by atoms with Gasteiger partial charge in [-0.25, -0.2) is 8.42 Å². The molecule has 2 aliphatic rings. The van der Waals surface area contributed by atoms with Crippen molar-refractivity contribution in [1.82, 2.24) is 14.5 Å². The number of rotatable bonds is 7. The van der Waals surface area contributed by atoms with Crippen molar-refractivity contribution in [2.75, 3.05) is 39.3 Å². The van der Waals surface area contributed by atoms with Crippen molar-refractivity contribution in [3.8, 4) is 0 Å². The van der Waals surface area contributed by atoms with E-state index in [0.29, 0.717) is 24.5 Å². The molecule has 3 rings (SSSR count). The number of carbonyl (C=O) groups is 1. The first kappa shape index (κ1) is 20.3. The lowest BCUT2D eigenvalue weighted by atomic mass is 10.1. The van der Waals surface area contributed by atoms with Crippen LogP contribution in [0, 0.1) is 0 Å². The highest BCUT2D eigenvalue weighted by Gasteiger charge is 2.25. The van der Waals surface area contributed by atoms with Crippen LogP contribution in [0.2, 0.25) is 0 Å². The van der Waals surface area contributed by atoms with Gasteiger partial charge in [-0.3, -0.25) is 4.79 Å². The van der Waals surface area contributed by atoms with E-state index in [2.05, 4.69) is 10.2 Å². The Kier molecular flexibility index (Phi) is 7.26. The molecule has 2 saturated heterocycles. The van der Waals surface area contributed by atoms with Gasteiger partial charge in [-0.05, 0) is 56.5 Å². The van der Waals surface area contributed by atoms with Crippen molar-refractivity contribution >= 4 is 15.9 Å². The van der Waals surface area contributed by atoms with Gasteiger partial charge in [0.05, 0.1) is 11.3 Å². The van der Waals surface area contributed by atoms with Gasteiger partial charge in [-0.2, -0.15) is 4.31 Å². The first-order chi connectivity index (χ1) is 13.1. The number of hydrogen-bond donors (Lipinski definition) is 1. The highest BCUT2D eigenvalue weighted by Crippen LogP contribution is 2.21. The number of hydrogen-bond acceptors (Lipinski definition) is 4. The first-order valence-electron chi connectivity index (χ1n) is 10.1. The molecule has 2 aliphatic heterocycles. The fourth-order valence-corrected chi connectivity index (χ4v) is 5.34. The van der Waals surface area contributed by atoms with E-state index in [1.54, 1.807) is 28.6 Å². The summed E-state index contributed by atoms with van der Waals surface area (Å²) in [7, 11) is -3.41. The third kappa shape index (κ3) is 5.77. The zero-order valence-electron chi connectivity index (χ0n) is 16.0. The van der Waals surface area contributed by atoms with Gasteiger partial charge >= 0.3 is 0 Å². The van der Waals surface area contributed by atoms with Crippen LogP contribution >= 0.6 is 0 Å². The lowest BCUT2D eigenvalue weighted by molar-refractivity contribution is -0.120. The van der Waals surface area contributed by atoms with Crippen LogP contribution in [0.1, 0.15) is 44.1 Å². The Morgan fingerprint density at radius 2 is 1.48 bits per heavy atom. The van der Waals surface area contributed by atoms with E-state index in [1.807, 2.05) is 0 Å². The second-order valence-corrected chi connectivity index (χ2v) is 9.48. The number of amides is 1. The molecule has 0 radical (unpaired) electrons. The molecule has 1 aromatic rings. The van der Waals surface area contributed by atoms with Crippen LogP contribution in [0.5, 0.6) is 0 Å². The molecule has 1 aromatic carbocycles. The van der Waals surface area contributed by atoms with Crippen LogP contribution in [-0.2, 0) is 21.2 Å². The van der Waals surface area contributed by atoms with Crippen molar-refractivity contribution in [3.05, 3.63) is 29.8 Å². The summed E-state index contributed by atoms with van der Waals surface area (Å²) >= 11 is 0. The molecular weight excluding hydrogens is 362 g/mol. The highest BCUT2D eigenvalue weighted by molar-refractivity contribution is 7.89. The van der Waals surface area contributed by atoms with E-state index in [4.69, 9.17) is 0 Å². The molecular formula is C20H31N3O3S. The van der Waals surface area contributed by atoms with Gasteiger partial charge in [0.15, 0.2) is 0 Å². The number of likely N-dealkylation sites (tertiary alicyclic amines) is 1. The molecule has 2 fully saturated rings. The monoisotopic (exact) mass is 393 g/mol. The molecule has 1 N–H and O–H groups in total. The number of carbonyl (C=O) groups excluding carboxylic acids is 1. The zero-order chi connectivity index (χ0) is 19.1. The molecule has 0 bridgehead atoms. The summed E-state index contributed by atoms with van der Waals surface area (Å²) in [5.74, 6) is -0.0151. The molecule has 6 nitrogen and oxygen atoms in total. The standard InChI is InChI=1S/C20H31N3O3S/c24-20(21-11-16-22-12-3-1-4-13-22)17-18-7-9-19(10-8-18)27(25,26)23-14-5-2-6-15-23/h7-10H,1-6,11-17H2,(H,21,24). The van der Waals surface area contributed by atoms with Crippen molar-refractivity contribution in [1.29, 1.82) is 0 Å². The summed E-state index contributed by atoms with van der Waals surface area (Å²) in [6, 6.07) is 6.75. The normalized spacial score (nSPS) is 19.7. The lowest BCUT2D eigenvalue weighted by Gasteiger charge is -2.26. The predicted molar refractivity (Wildman–Crippen MR) is 106 cm³/mol. The molecule has 0 aliphatic carbocycles. The summed E-state index contributed by atoms with van der Waals surface area (Å²) in [6.07, 6.45) is 7.04. The number of nitrogens with one attached hydrogen (secondary N) is 1. The molecule has 0 atom stereocenters. The quantitative estimate of drug-likeness (QED) is 0.769. The Labute approximate surface area is 163 Å². The van der Waals surface area contributed by atoms with Crippen LogP contribution in [-0.4, -0.2) is 62.8 Å². The third-order valence-electron chi connectivity index (χ3n) is 5.44. The van der Waals surface area contributed by atoms with Crippen LogP contribution in [0.15, 0.2) is 29.2 Å². The van der Waals surface area contributed by atoms with E-state index < -0.39 is 10.0 Å². The Morgan fingerprint density at radius 3 is 2.11 bits per heavy atom. The van der Waals surface area contributed by atoms with E-state index in [-0.39, 0.29) is 12.3 Å². The summed E-state index contributed by atoms with van der Waals surface area (Å²) < 4.78 is 26.9. The lowest BCUT2D eigenvalue weighted by Crippen LogP contribution is -2.38. The Morgan fingerprint density at radius 1 is 0.889 bits per heavy atom. The number of piperidine rings is 2. The molecule has 7 heteroatoms. The van der Waals surface area contributed by atoms with E-state index in [9.17, 15) is 13.2 Å². The number of benzene rings is 1. The molecule has 27 heavy (non-hydrogen) atoms. The maximum atomic E-state index is 12.7. The van der Waals surface area contributed by atoms with Gasteiger partial charge in [0.2, 0.25) is 15.9 Å². The number of sulfonamides is 1. The molecule has 2 heterocycles. The summed E-state index contributed by atoms with van der Waals surface area (Å²) in [6.45, 7) is 5.03. The van der Waals surface area contributed by atoms with Gasteiger partial charge in [0, 0.05) is 26.2 Å². The minimum Gasteiger partial charge on any atom is -0.355 e. The van der Waals surface area contributed by atoms with Gasteiger partial charge in [-0.15, -0.1) is 0 Å². The zero-order valence-corrected chi connectivity index (χ0v) is 16.8.